The van der Waals surface area contributed by atoms with Gasteiger partial charge in [-0.1, -0.05) is 11.6 Å². The second-order valence-electron chi connectivity index (χ2n) is 4.05. The minimum Gasteiger partial charge on any atom is -0.356 e. The Hall–Kier alpha value is -1.55. The van der Waals surface area contributed by atoms with Crippen LogP contribution in [-0.4, -0.2) is 24.9 Å². The van der Waals surface area contributed by atoms with Gasteiger partial charge in [-0.2, -0.15) is 0 Å². The molecule has 0 aliphatic carbocycles. The van der Waals surface area contributed by atoms with Crippen molar-refractivity contribution < 1.29 is 9.59 Å². The maximum Gasteiger partial charge on any atom is 0.251 e. The van der Waals surface area contributed by atoms with Crippen molar-refractivity contribution in [2.24, 2.45) is 0 Å². The second-order valence-corrected chi connectivity index (χ2v) is 4.49. The lowest BCUT2D eigenvalue weighted by atomic mass is 10.1. The molecular formula is C13H17ClN2O2. The number of aryl methyl sites for hydroxylation is 1. The van der Waals surface area contributed by atoms with Crippen LogP contribution in [0.25, 0.3) is 0 Å². The van der Waals surface area contributed by atoms with E-state index in [1.165, 1.54) is 6.92 Å². The molecule has 0 radical (unpaired) electrons. The van der Waals surface area contributed by atoms with Gasteiger partial charge in [0.25, 0.3) is 5.91 Å². The molecule has 1 aromatic rings. The zero-order valence-corrected chi connectivity index (χ0v) is 11.3. The third kappa shape index (κ3) is 4.75. The Morgan fingerprint density at radius 2 is 1.89 bits per heavy atom. The number of hydrogen-bond acceptors (Lipinski definition) is 2. The fourth-order valence-electron chi connectivity index (χ4n) is 1.53. The van der Waals surface area contributed by atoms with E-state index in [9.17, 15) is 9.59 Å². The predicted octanol–water partition coefficient (Wildman–Crippen LogP) is 1.90. The van der Waals surface area contributed by atoms with Crippen LogP contribution in [0.15, 0.2) is 18.2 Å². The van der Waals surface area contributed by atoms with Crippen LogP contribution in [0.4, 0.5) is 0 Å². The first-order valence-corrected chi connectivity index (χ1v) is 6.17. The molecule has 0 saturated heterocycles. The Morgan fingerprint density at radius 3 is 2.50 bits per heavy atom. The average molecular weight is 269 g/mol. The first kappa shape index (κ1) is 14.5. The van der Waals surface area contributed by atoms with Crippen LogP contribution < -0.4 is 10.6 Å². The number of halogens is 1. The Kier molecular flexibility index (Phi) is 5.65. The van der Waals surface area contributed by atoms with Gasteiger partial charge in [-0.15, -0.1) is 0 Å². The van der Waals surface area contributed by atoms with Crippen molar-refractivity contribution in [2.75, 3.05) is 13.1 Å². The first-order chi connectivity index (χ1) is 8.50. The van der Waals surface area contributed by atoms with Crippen molar-refractivity contribution in [1.29, 1.82) is 0 Å². The third-order valence-electron chi connectivity index (χ3n) is 2.45. The average Bonchev–Trinajstić information content (AvgIpc) is 2.27. The highest BCUT2D eigenvalue weighted by atomic mass is 35.5. The lowest BCUT2D eigenvalue weighted by molar-refractivity contribution is -0.118. The summed E-state index contributed by atoms with van der Waals surface area (Å²) in [6.07, 6.45) is 0.706. The number of carbonyl (C=O) groups excluding carboxylic acids is 2. The maximum atomic E-state index is 11.8. The van der Waals surface area contributed by atoms with Crippen molar-refractivity contribution in [3.8, 4) is 0 Å². The molecule has 0 spiro atoms. The maximum absolute atomic E-state index is 11.8. The van der Waals surface area contributed by atoms with E-state index < -0.39 is 0 Å². The first-order valence-electron chi connectivity index (χ1n) is 5.79. The van der Waals surface area contributed by atoms with Gasteiger partial charge in [0.05, 0.1) is 0 Å². The van der Waals surface area contributed by atoms with E-state index in [2.05, 4.69) is 10.6 Å². The number of rotatable bonds is 5. The molecule has 0 saturated carbocycles. The standard InChI is InChI=1S/C13H17ClN2O2/c1-9-8-11(14)4-5-12(9)13(18)16-7-3-6-15-10(2)17/h4-5,8H,3,6-7H2,1-2H3,(H,15,17)(H,16,18). The fraction of sp³-hybridized carbons (Fsp3) is 0.385. The number of hydrogen-bond donors (Lipinski definition) is 2. The minimum atomic E-state index is -0.119. The number of carbonyl (C=O) groups is 2. The smallest absolute Gasteiger partial charge is 0.251 e. The van der Waals surface area contributed by atoms with Crippen LogP contribution in [-0.2, 0) is 4.79 Å². The minimum absolute atomic E-state index is 0.0603. The number of nitrogens with one attached hydrogen (secondary N) is 2. The summed E-state index contributed by atoms with van der Waals surface area (Å²) >= 11 is 5.82. The highest BCUT2D eigenvalue weighted by Crippen LogP contribution is 2.14. The van der Waals surface area contributed by atoms with Crippen LogP contribution >= 0.6 is 11.6 Å². The van der Waals surface area contributed by atoms with E-state index in [-0.39, 0.29) is 11.8 Å². The van der Waals surface area contributed by atoms with Crippen molar-refractivity contribution in [3.63, 3.8) is 0 Å². The molecule has 0 bridgehead atoms. The summed E-state index contributed by atoms with van der Waals surface area (Å²) < 4.78 is 0. The quantitative estimate of drug-likeness (QED) is 0.802. The molecule has 2 N–H and O–H groups in total. The molecule has 1 rings (SSSR count). The Morgan fingerprint density at radius 1 is 1.22 bits per heavy atom. The summed E-state index contributed by atoms with van der Waals surface area (Å²) in [5.74, 6) is -0.179. The van der Waals surface area contributed by atoms with Crippen molar-refractivity contribution in [2.45, 2.75) is 20.3 Å². The Balaban J connectivity index is 2.39. The highest BCUT2D eigenvalue weighted by Gasteiger charge is 2.08. The molecular weight excluding hydrogens is 252 g/mol. The topological polar surface area (TPSA) is 58.2 Å². The fourth-order valence-corrected chi connectivity index (χ4v) is 1.76. The predicted molar refractivity (Wildman–Crippen MR) is 71.8 cm³/mol. The molecule has 0 aliphatic rings. The van der Waals surface area contributed by atoms with Crippen LogP contribution in [0.1, 0.15) is 29.3 Å². The lowest BCUT2D eigenvalue weighted by Gasteiger charge is -2.08. The molecule has 4 nitrogen and oxygen atoms in total. The van der Waals surface area contributed by atoms with Crippen LogP contribution in [0, 0.1) is 6.92 Å². The van der Waals surface area contributed by atoms with Crippen molar-refractivity contribution >= 4 is 23.4 Å². The van der Waals surface area contributed by atoms with Crippen molar-refractivity contribution in [3.05, 3.63) is 34.3 Å². The SMILES string of the molecule is CC(=O)NCCCNC(=O)c1ccc(Cl)cc1C. The zero-order chi connectivity index (χ0) is 13.5. The van der Waals surface area contributed by atoms with E-state index >= 15 is 0 Å². The summed E-state index contributed by atoms with van der Waals surface area (Å²) in [5, 5.41) is 6.09. The van der Waals surface area contributed by atoms with Gasteiger partial charge in [-0.25, -0.2) is 0 Å². The van der Waals surface area contributed by atoms with E-state index in [1.54, 1.807) is 18.2 Å². The molecule has 2 amide bonds. The van der Waals surface area contributed by atoms with E-state index in [4.69, 9.17) is 11.6 Å². The van der Waals surface area contributed by atoms with E-state index in [0.717, 1.165) is 5.56 Å². The summed E-state index contributed by atoms with van der Waals surface area (Å²) in [4.78, 5) is 22.5. The summed E-state index contributed by atoms with van der Waals surface area (Å²) in [7, 11) is 0. The molecule has 0 aliphatic heterocycles. The lowest BCUT2D eigenvalue weighted by Crippen LogP contribution is -2.29. The molecule has 0 fully saturated rings. The third-order valence-corrected chi connectivity index (χ3v) is 2.68. The van der Waals surface area contributed by atoms with Gasteiger partial charge in [0, 0.05) is 30.6 Å². The molecule has 0 heterocycles. The highest BCUT2D eigenvalue weighted by molar-refractivity contribution is 6.30. The van der Waals surface area contributed by atoms with Crippen molar-refractivity contribution in [1.82, 2.24) is 10.6 Å². The van der Waals surface area contributed by atoms with Gasteiger partial charge in [0.2, 0.25) is 5.91 Å². The van der Waals surface area contributed by atoms with Crippen LogP contribution in [0.2, 0.25) is 5.02 Å². The Bertz CT molecular complexity index is 447. The molecule has 0 aromatic heterocycles. The monoisotopic (exact) mass is 268 g/mol. The summed E-state index contributed by atoms with van der Waals surface area (Å²) in [6.45, 7) is 4.41. The van der Waals surface area contributed by atoms with Gasteiger partial charge in [-0.05, 0) is 37.1 Å². The van der Waals surface area contributed by atoms with Gasteiger partial charge in [0.1, 0.15) is 0 Å². The van der Waals surface area contributed by atoms with E-state index in [1.807, 2.05) is 6.92 Å². The molecule has 1 aromatic carbocycles. The normalized spacial score (nSPS) is 9.94. The van der Waals surface area contributed by atoms with Gasteiger partial charge >= 0.3 is 0 Å². The van der Waals surface area contributed by atoms with E-state index in [0.29, 0.717) is 30.1 Å². The number of amides is 2. The molecule has 5 heteroatoms. The van der Waals surface area contributed by atoms with Crippen LogP contribution in [0.3, 0.4) is 0 Å². The number of benzene rings is 1. The second kappa shape index (κ2) is 7.01. The van der Waals surface area contributed by atoms with Crippen LogP contribution in [0.5, 0.6) is 0 Å². The van der Waals surface area contributed by atoms with Gasteiger partial charge < -0.3 is 10.6 Å². The molecule has 18 heavy (non-hydrogen) atoms. The molecule has 0 unspecified atom stereocenters. The molecule has 98 valence electrons. The largest absolute Gasteiger partial charge is 0.356 e. The zero-order valence-electron chi connectivity index (χ0n) is 10.5. The molecule has 0 atom stereocenters. The Labute approximate surface area is 112 Å². The van der Waals surface area contributed by atoms with Gasteiger partial charge in [0.15, 0.2) is 0 Å². The van der Waals surface area contributed by atoms with Gasteiger partial charge in [-0.3, -0.25) is 9.59 Å². The summed E-state index contributed by atoms with van der Waals surface area (Å²) in [5.41, 5.74) is 1.47. The summed E-state index contributed by atoms with van der Waals surface area (Å²) in [6, 6.07) is 5.16.